The van der Waals surface area contributed by atoms with Crippen LogP contribution in [0.2, 0.25) is 0 Å². The third-order valence-corrected chi connectivity index (χ3v) is 3.70. The molecule has 4 nitrogen and oxygen atoms in total. The number of oxime groups is 1. The lowest BCUT2D eigenvalue weighted by Gasteiger charge is -2.38. The van der Waals surface area contributed by atoms with E-state index in [4.69, 9.17) is 10.9 Å². The number of benzene rings is 1. The fourth-order valence-electron chi connectivity index (χ4n) is 2.74. The van der Waals surface area contributed by atoms with Crippen LogP contribution in [0.4, 0.5) is 5.69 Å². The Morgan fingerprint density at radius 1 is 1.44 bits per heavy atom. The first kappa shape index (κ1) is 12.7. The Morgan fingerprint density at radius 2 is 2.22 bits per heavy atom. The molecule has 1 saturated heterocycles. The molecule has 1 aromatic carbocycles. The summed E-state index contributed by atoms with van der Waals surface area (Å²) in [6, 6.07) is 8.45. The van der Waals surface area contributed by atoms with Gasteiger partial charge < -0.3 is 15.8 Å². The largest absolute Gasteiger partial charge is 0.409 e. The van der Waals surface area contributed by atoms with E-state index in [0.717, 1.165) is 24.2 Å². The Bertz CT molecular complexity index is 431. The van der Waals surface area contributed by atoms with E-state index in [0.29, 0.717) is 6.04 Å². The first-order valence-electron chi connectivity index (χ1n) is 6.61. The summed E-state index contributed by atoms with van der Waals surface area (Å²) in [5.41, 5.74) is 7.66. The van der Waals surface area contributed by atoms with Crippen LogP contribution in [0.25, 0.3) is 0 Å². The molecule has 0 amide bonds. The minimum atomic E-state index is 0.186. The van der Waals surface area contributed by atoms with Gasteiger partial charge in [0, 0.05) is 23.8 Å². The first-order valence-corrected chi connectivity index (χ1v) is 6.61. The van der Waals surface area contributed by atoms with Crippen molar-refractivity contribution in [2.45, 2.75) is 38.6 Å². The summed E-state index contributed by atoms with van der Waals surface area (Å²) in [5, 5.41) is 12.0. The molecule has 1 unspecified atom stereocenters. The SMILES string of the molecule is CCC1CCCCN1c1ccccc1/C(N)=N\O. The van der Waals surface area contributed by atoms with Crippen LogP contribution in [0.5, 0.6) is 0 Å². The number of piperidine rings is 1. The number of hydrogen-bond donors (Lipinski definition) is 2. The second-order valence-corrected chi connectivity index (χ2v) is 4.75. The molecule has 1 aromatic rings. The Kier molecular flexibility index (Phi) is 4.07. The number of rotatable bonds is 3. The van der Waals surface area contributed by atoms with Crippen LogP contribution in [0.3, 0.4) is 0 Å². The average Bonchev–Trinajstić information content (AvgIpc) is 2.46. The fraction of sp³-hybridized carbons (Fsp3) is 0.500. The van der Waals surface area contributed by atoms with Crippen molar-refractivity contribution in [2.24, 2.45) is 10.9 Å². The second kappa shape index (κ2) is 5.76. The summed E-state index contributed by atoms with van der Waals surface area (Å²) in [5.74, 6) is 0.186. The summed E-state index contributed by atoms with van der Waals surface area (Å²) < 4.78 is 0. The van der Waals surface area contributed by atoms with E-state index in [1.54, 1.807) is 0 Å². The molecule has 3 N–H and O–H groups in total. The van der Waals surface area contributed by atoms with Gasteiger partial charge in [-0.25, -0.2) is 0 Å². The normalized spacial score (nSPS) is 21.1. The third-order valence-electron chi connectivity index (χ3n) is 3.70. The third kappa shape index (κ3) is 2.42. The molecule has 98 valence electrons. The van der Waals surface area contributed by atoms with Crippen molar-refractivity contribution in [3.8, 4) is 0 Å². The molecule has 1 fully saturated rings. The van der Waals surface area contributed by atoms with Crippen LogP contribution in [0.15, 0.2) is 29.4 Å². The molecule has 0 aromatic heterocycles. The van der Waals surface area contributed by atoms with Gasteiger partial charge in [-0.3, -0.25) is 0 Å². The number of anilines is 1. The fourth-order valence-corrected chi connectivity index (χ4v) is 2.74. The number of amidine groups is 1. The Morgan fingerprint density at radius 3 is 2.94 bits per heavy atom. The Labute approximate surface area is 108 Å². The van der Waals surface area contributed by atoms with Crippen molar-refractivity contribution in [1.29, 1.82) is 0 Å². The van der Waals surface area contributed by atoms with Gasteiger partial charge in [-0.05, 0) is 37.8 Å². The van der Waals surface area contributed by atoms with E-state index < -0.39 is 0 Å². The van der Waals surface area contributed by atoms with Gasteiger partial charge in [0.25, 0.3) is 0 Å². The van der Waals surface area contributed by atoms with E-state index in [1.807, 2.05) is 18.2 Å². The number of nitrogens with two attached hydrogens (primary N) is 1. The minimum Gasteiger partial charge on any atom is -0.409 e. The van der Waals surface area contributed by atoms with E-state index >= 15 is 0 Å². The van der Waals surface area contributed by atoms with Crippen LogP contribution in [0, 0.1) is 0 Å². The summed E-state index contributed by atoms with van der Waals surface area (Å²) in [6.07, 6.45) is 4.85. The van der Waals surface area contributed by atoms with Crippen LogP contribution < -0.4 is 10.6 Å². The van der Waals surface area contributed by atoms with Crippen LogP contribution >= 0.6 is 0 Å². The molecule has 0 aliphatic carbocycles. The molecule has 0 saturated carbocycles. The monoisotopic (exact) mass is 247 g/mol. The lowest BCUT2D eigenvalue weighted by atomic mass is 9.98. The van der Waals surface area contributed by atoms with E-state index in [-0.39, 0.29) is 5.84 Å². The maximum Gasteiger partial charge on any atom is 0.172 e. The van der Waals surface area contributed by atoms with Crippen molar-refractivity contribution in [1.82, 2.24) is 0 Å². The molecule has 2 rings (SSSR count). The van der Waals surface area contributed by atoms with E-state index in [1.165, 1.54) is 19.3 Å². The van der Waals surface area contributed by atoms with Gasteiger partial charge in [0.2, 0.25) is 0 Å². The Balaban J connectivity index is 2.37. The van der Waals surface area contributed by atoms with Crippen molar-refractivity contribution in [2.75, 3.05) is 11.4 Å². The number of nitrogens with zero attached hydrogens (tertiary/aromatic N) is 2. The highest BCUT2D eigenvalue weighted by molar-refractivity contribution is 6.02. The van der Waals surface area contributed by atoms with Gasteiger partial charge in [-0.2, -0.15) is 0 Å². The average molecular weight is 247 g/mol. The predicted molar refractivity (Wildman–Crippen MR) is 74.2 cm³/mol. The highest BCUT2D eigenvalue weighted by atomic mass is 16.4. The summed E-state index contributed by atoms with van der Waals surface area (Å²) in [7, 11) is 0. The van der Waals surface area contributed by atoms with Crippen molar-refractivity contribution < 1.29 is 5.21 Å². The molecule has 18 heavy (non-hydrogen) atoms. The lowest BCUT2D eigenvalue weighted by molar-refractivity contribution is 0.318. The van der Waals surface area contributed by atoms with Crippen molar-refractivity contribution in [3.63, 3.8) is 0 Å². The zero-order chi connectivity index (χ0) is 13.0. The van der Waals surface area contributed by atoms with E-state index in [2.05, 4.69) is 23.0 Å². The zero-order valence-electron chi connectivity index (χ0n) is 10.8. The predicted octanol–water partition coefficient (Wildman–Crippen LogP) is 2.55. The maximum absolute atomic E-state index is 8.88. The number of para-hydroxylation sites is 1. The Hall–Kier alpha value is -1.71. The van der Waals surface area contributed by atoms with Crippen LogP contribution in [-0.2, 0) is 0 Å². The summed E-state index contributed by atoms with van der Waals surface area (Å²) >= 11 is 0. The van der Waals surface area contributed by atoms with Gasteiger partial charge in [0.1, 0.15) is 0 Å². The van der Waals surface area contributed by atoms with Gasteiger partial charge in [-0.1, -0.05) is 24.2 Å². The molecule has 1 aliphatic heterocycles. The molecular weight excluding hydrogens is 226 g/mol. The molecule has 1 heterocycles. The maximum atomic E-state index is 8.88. The van der Waals surface area contributed by atoms with Gasteiger partial charge >= 0.3 is 0 Å². The van der Waals surface area contributed by atoms with Gasteiger partial charge in [-0.15, -0.1) is 0 Å². The highest BCUT2D eigenvalue weighted by Crippen LogP contribution is 2.29. The van der Waals surface area contributed by atoms with Gasteiger partial charge in [0.15, 0.2) is 5.84 Å². The molecule has 0 radical (unpaired) electrons. The second-order valence-electron chi connectivity index (χ2n) is 4.75. The lowest BCUT2D eigenvalue weighted by Crippen LogP contribution is -2.40. The summed E-state index contributed by atoms with van der Waals surface area (Å²) in [4.78, 5) is 2.40. The van der Waals surface area contributed by atoms with Crippen LogP contribution in [0.1, 0.15) is 38.2 Å². The quantitative estimate of drug-likeness (QED) is 0.373. The van der Waals surface area contributed by atoms with Gasteiger partial charge in [0.05, 0.1) is 0 Å². The molecule has 1 aliphatic rings. The number of hydrogen-bond acceptors (Lipinski definition) is 3. The molecule has 0 bridgehead atoms. The molecule has 0 spiro atoms. The zero-order valence-corrected chi connectivity index (χ0v) is 10.8. The summed E-state index contributed by atoms with van der Waals surface area (Å²) in [6.45, 7) is 3.27. The smallest absolute Gasteiger partial charge is 0.172 e. The molecular formula is C14H21N3O. The highest BCUT2D eigenvalue weighted by Gasteiger charge is 2.23. The molecule has 1 atom stereocenters. The van der Waals surface area contributed by atoms with E-state index in [9.17, 15) is 0 Å². The molecule has 4 heteroatoms. The topological polar surface area (TPSA) is 61.8 Å². The first-order chi connectivity index (χ1) is 8.77. The standard InChI is InChI=1S/C14H21N3O/c1-2-11-7-5-6-10-17(11)13-9-4-3-8-12(13)14(15)16-18/h3-4,8-9,11,18H,2,5-7,10H2,1H3,(H2,15,16). The minimum absolute atomic E-state index is 0.186. The van der Waals surface area contributed by atoms with Crippen molar-refractivity contribution in [3.05, 3.63) is 29.8 Å². The van der Waals surface area contributed by atoms with Crippen LogP contribution in [-0.4, -0.2) is 23.6 Å². The van der Waals surface area contributed by atoms with Crippen molar-refractivity contribution >= 4 is 11.5 Å².